The molecule has 98 valence electrons. The van der Waals surface area contributed by atoms with E-state index in [4.69, 9.17) is 16.3 Å². The summed E-state index contributed by atoms with van der Waals surface area (Å²) in [5.41, 5.74) is 1.43. The van der Waals surface area contributed by atoms with Crippen LogP contribution >= 0.6 is 11.6 Å². The Kier molecular flexibility index (Phi) is 3.93. The summed E-state index contributed by atoms with van der Waals surface area (Å²) in [5.74, 6) is 0. The third-order valence-corrected chi connectivity index (χ3v) is 3.85. The molecule has 1 saturated heterocycles. The van der Waals surface area contributed by atoms with Gasteiger partial charge in [0.1, 0.15) is 0 Å². The highest BCUT2D eigenvalue weighted by Gasteiger charge is 2.31. The first-order valence-electron chi connectivity index (χ1n) is 6.13. The number of hydrogen-bond acceptors (Lipinski definition) is 3. The Balaban J connectivity index is 2.30. The van der Waals surface area contributed by atoms with Gasteiger partial charge < -0.3 is 9.64 Å². The van der Waals surface area contributed by atoms with Gasteiger partial charge in [0.25, 0.3) is 0 Å². The fourth-order valence-corrected chi connectivity index (χ4v) is 2.63. The van der Waals surface area contributed by atoms with Crippen LogP contribution in [-0.4, -0.2) is 32.1 Å². The van der Waals surface area contributed by atoms with E-state index in [1.165, 1.54) is 0 Å². The van der Waals surface area contributed by atoms with Crippen LogP contribution in [-0.2, 0) is 4.74 Å². The van der Waals surface area contributed by atoms with Gasteiger partial charge in [0.05, 0.1) is 5.60 Å². The van der Waals surface area contributed by atoms with E-state index in [0.29, 0.717) is 10.6 Å². The van der Waals surface area contributed by atoms with Crippen LogP contribution in [0.25, 0.3) is 0 Å². The van der Waals surface area contributed by atoms with Crippen molar-refractivity contribution in [2.45, 2.75) is 25.4 Å². The third-order valence-electron chi connectivity index (χ3n) is 3.61. The molecule has 1 aromatic rings. The Morgan fingerprint density at radius 1 is 1.50 bits per heavy atom. The van der Waals surface area contributed by atoms with Crippen LogP contribution in [0.4, 0.5) is 5.69 Å². The van der Waals surface area contributed by atoms with E-state index in [0.717, 1.165) is 37.9 Å². The molecule has 1 atom stereocenters. The van der Waals surface area contributed by atoms with Crippen LogP contribution in [0.2, 0.25) is 5.02 Å². The van der Waals surface area contributed by atoms with Gasteiger partial charge in [0.15, 0.2) is 6.29 Å². The van der Waals surface area contributed by atoms with Gasteiger partial charge in [0.2, 0.25) is 0 Å². The first kappa shape index (κ1) is 13.4. The van der Waals surface area contributed by atoms with E-state index in [9.17, 15) is 4.79 Å². The van der Waals surface area contributed by atoms with Gasteiger partial charge in [-0.15, -0.1) is 0 Å². The smallest absolute Gasteiger partial charge is 0.152 e. The molecule has 2 rings (SSSR count). The van der Waals surface area contributed by atoms with Gasteiger partial charge >= 0.3 is 0 Å². The summed E-state index contributed by atoms with van der Waals surface area (Å²) in [6.45, 7) is 3.81. The normalized spacial score (nSPS) is 24.1. The number of carbonyl (C=O) groups excluding carboxylic acids is 1. The monoisotopic (exact) mass is 267 g/mol. The maximum Gasteiger partial charge on any atom is 0.152 e. The Hall–Kier alpha value is -1.06. The highest BCUT2D eigenvalue weighted by atomic mass is 35.5. The summed E-state index contributed by atoms with van der Waals surface area (Å²) < 4.78 is 5.57. The number of rotatable bonds is 3. The Morgan fingerprint density at radius 3 is 2.94 bits per heavy atom. The minimum Gasteiger partial charge on any atom is -0.377 e. The highest BCUT2D eigenvalue weighted by molar-refractivity contribution is 6.31. The Morgan fingerprint density at radius 2 is 2.28 bits per heavy atom. The maximum atomic E-state index is 11.1. The van der Waals surface area contributed by atoms with Crippen LogP contribution < -0.4 is 4.90 Å². The Labute approximate surface area is 113 Å². The van der Waals surface area contributed by atoms with Crippen LogP contribution in [0.3, 0.4) is 0 Å². The molecule has 18 heavy (non-hydrogen) atoms. The average molecular weight is 268 g/mol. The fourth-order valence-electron chi connectivity index (χ4n) is 2.47. The highest BCUT2D eigenvalue weighted by Crippen LogP contribution is 2.31. The fraction of sp³-hybridized carbons (Fsp3) is 0.500. The number of aldehydes is 1. The zero-order chi connectivity index (χ0) is 13.2. The minimum atomic E-state index is -0.152. The number of hydrogen-bond donors (Lipinski definition) is 0. The van der Waals surface area contributed by atoms with Crippen molar-refractivity contribution in [3.05, 3.63) is 28.8 Å². The van der Waals surface area contributed by atoms with E-state index >= 15 is 0 Å². The molecular formula is C14H18ClNO2. The molecule has 1 fully saturated rings. The largest absolute Gasteiger partial charge is 0.377 e. The number of methoxy groups -OCH3 is 1. The van der Waals surface area contributed by atoms with Crippen molar-refractivity contribution in [3.63, 3.8) is 0 Å². The molecule has 4 heteroatoms. The second-order valence-corrected chi connectivity index (χ2v) is 5.44. The lowest BCUT2D eigenvalue weighted by Crippen LogP contribution is -2.47. The summed E-state index contributed by atoms with van der Waals surface area (Å²) in [6.07, 6.45) is 2.97. The van der Waals surface area contributed by atoms with Crippen molar-refractivity contribution < 1.29 is 9.53 Å². The van der Waals surface area contributed by atoms with Gasteiger partial charge in [-0.2, -0.15) is 0 Å². The van der Waals surface area contributed by atoms with E-state index in [-0.39, 0.29) is 5.60 Å². The van der Waals surface area contributed by atoms with Crippen LogP contribution in [0.15, 0.2) is 18.2 Å². The van der Waals surface area contributed by atoms with Crippen molar-refractivity contribution in [3.8, 4) is 0 Å². The molecule has 1 unspecified atom stereocenters. The summed E-state index contributed by atoms with van der Waals surface area (Å²) in [5, 5.41) is 0.653. The first-order valence-corrected chi connectivity index (χ1v) is 6.50. The predicted octanol–water partition coefficient (Wildman–Crippen LogP) is 3.16. The van der Waals surface area contributed by atoms with E-state index in [1.54, 1.807) is 19.2 Å². The van der Waals surface area contributed by atoms with Crippen LogP contribution in [0.1, 0.15) is 30.1 Å². The van der Waals surface area contributed by atoms with Crippen molar-refractivity contribution >= 4 is 23.6 Å². The lowest BCUT2D eigenvalue weighted by molar-refractivity contribution is -0.00467. The molecule has 1 aliphatic heterocycles. The molecule has 0 aliphatic carbocycles. The topological polar surface area (TPSA) is 29.5 Å². The molecule has 0 aromatic heterocycles. The van der Waals surface area contributed by atoms with Crippen molar-refractivity contribution in [1.29, 1.82) is 0 Å². The van der Waals surface area contributed by atoms with Crippen molar-refractivity contribution in [2.75, 3.05) is 25.1 Å². The second-order valence-electron chi connectivity index (χ2n) is 5.00. The van der Waals surface area contributed by atoms with Crippen LogP contribution in [0.5, 0.6) is 0 Å². The average Bonchev–Trinajstić information content (AvgIpc) is 2.39. The number of ether oxygens (including phenoxy) is 1. The van der Waals surface area contributed by atoms with Crippen LogP contribution in [0, 0.1) is 0 Å². The van der Waals surface area contributed by atoms with Gasteiger partial charge in [-0.05, 0) is 38.0 Å². The molecule has 0 saturated carbocycles. The summed E-state index contributed by atoms with van der Waals surface area (Å²) in [7, 11) is 1.74. The number of piperidine rings is 1. The van der Waals surface area contributed by atoms with E-state index in [2.05, 4.69) is 11.8 Å². The lowest BCUT2D eigenvalue weighted by atomic mass is 9.94. The third kappa shape index (κ3) is 2.68. The quantitative estimate of drug-likeness (QED) is 0.788. The van der Waals surface area contributed by atoms with Gasteiger partial charge in [-0.25, -0.2) is 0 Å². The van der Waals surface area contributed by atoms with Crippen molar-refractivity contribution in [2.24, 2.45) is 0 Å². The SMILES string of the molecule is COC1(C)CCCN(c2cc(Cl)ccc2C=O)C1. The molecular weight excluding hydrogens is 250 g/mol. The molecule has 0 radical (unpaired) electrons. The standard InChI is InChI=1S/C14H18ClNO2/c1-14(18-2)6-3-7-16(10-14)13-8-12(15)5-4-11(13)9-17/h4-5,8-9H,3,6-7,10H2,1-2H3. The zero-order valence-electron chi connectivity index (χ0n) is 10.8. The van der Waals surface area contributed by atoms with Gasteiger partial charge in [0, 0.05) is 36.5 Å². The zero-order valence-corrected chi connectivity index (χ0v) is 11.5. The molecule has 0 N–H and O–H groups in total. The molecule has 0 spiro atoms. The number of nitrogens with zero attached hydrogens (tertiary/aromatic N) is 1. The predicted molar refractivity (Wildman–Crippen MR) is 73.7 cm³/mol. The molecule has 1 aromatic carbocycles. The molecule has 0 bridgehead atoms. The van der Waals surface area contributed by atoms with Gasteiger partial charge in [-0.1, -0.05) is 11.6 Å². The van der Waals surface area contributed by atoms with E-state index < -0.39 is 0 Å². The lowest BCUT2D eigenvalue weighted by Gasteiger charge is -2.41. The minimum absolute atomic E-state index is 0.152. The van der Waals surface area contributed by atoms with Crippen molar-refractivity contribution in [1.82, 2.24) is 0 Å². The summed E-state index contributed by atoms with van der Waals surface area (Å²) in [4.78, 5) is 13.3. The number of benzene rings is 1. The first-order chi connectivity index (χ1) is 8.58. The second kappa shape index (κ2) is 5.29. The Bertz CT molecular complexity index is 449. The number of carbonyl (C=O) groups is 1. The maximum absolute atomic E-state index is 11.1. The van der Waals surface area contributed by atoms with E-state index in [1.807, 2.05) is 6.07 Å². The van der Waals surface area contributed by atoms with Gasteiger partial charge in [-0.3, -0.25) is 4.79 Å². The number of halogens is 1. The molecule has 1 aliphatic rings. The number of anilines is 1. The summed E-state index contributed by atoms with van der Waals surface area (Å²) in [6, 6.07) is 5.37. The molecule has 1 heterocycles. The molecule has 3 nitrogen and oxygen atoms in total. The molecule has 0 amide bonds. The summed E-state index contributed by atoms with van der Waals surface area (Å²) >= 11 is 6.02.